The summed E-state index contributed by atoms with van der Waals surface area (Å²) in [5.74, 6) is -1.60. The van der Waals surface area contributed by atoms with E-state index >= 15 is 0 Å². The number of nitrogens with one attached hydrogen (secondary N) is 1. The van der Waals surface area contributed by atoms with Gasteiger partial charge in [-0.2, -0.15) is 0 Å². The lowest BCUT2D eigenvalue weighted by Crippen LogP contribution is -2.39. The lowest BCUT2D eigenvalue weighted by Gasteiger charge is -2.34. The molecule has 0 radical (unpaired) electrons. The third kappa shape index (κ3) is 4.46. The van der Waals surface area contributed by atoms with Gasteiger partial charge in [0.2, 0.25) is 0 Å². The van der Waals surface area contributed by atoms with E-state index in [1.54, 1.807) is 6.92 Å². The molecule has 7 atom stereocenters. The molecular formula is C16H27N2O9P. The monoisotopic (exact) mass is 422 g/mol. The minimum absolute atomic E-state index is 0.0351. The summed E-state index contributed by atoms with van der Waals surface area (Å²) in [7, 11) is -3.06. The van der Waals surface area contributed by atoms with Crippen molar-refractivity contribution in [2.45, 2.75) is 69.5 Å². The van der Waals surface area contributed by atoms with Crippen LogP contribution in [0.25, 0.3) is 0 Å². The summed E-state index contributed by atoms with van der Waals surface area (Å²) in [6.45, 7) is 4.34. The van der Waals surface area contributed by atoms with E-state index in [4.69, 9.17) is 9.26 Å². The molecule has 28 heavy (non-hydrogen) atoms. The highest BCUT2D eigenvalue weighted by atomic mass is 31.2. The Bertz CT molecular complexity index is 866. The Morgan fingerprint density at radius 3 is 2.54 bits per heavy atom. The largest absolute Gasteiger partial charge is 0.388 e. The van der Waals surface area contributed by atoms with Crippen molar-refractivity contribution < 1.29 is 34.0 Å². The van der Waals surface area contributed by atoms with Crippen molar-refractivity contribution in [3.63, 3.8) is 0 Å². The number of nitrogens with zero attached hydrogens (tertiary/aromatic N) is 1. The summed E-state index contributed by atoms with van der Waals surface area (Å²) >= 11 is 0. The smallest absolute Gasteiger partial charge is 0.356 e. The van der Waals surface area contributed by atoms with Crippen LogP contribution in [0.2, 0.25) is 0 Å². The zero-order valence-electron chi connectivity index (χ0n) is 16.1. The molecule has 2 heterocycles. The van der Waals surface area contributed by atoms with Gasteiger partial charge in [-0.1, -0.05) is 6.92 Å². The minimum Gasteiger partial charge on any atom is -0.388 e. The van der Waals surface area contributed by atoms with Crippen LogP contribution in [0.4, 0.5) is 0 Å². The predicted octanol–water partition coefficient (Wildman–Crippen LogP) is -0.666. The van der Waals surface area contributed by atoms with Gasteiger partial charge in [0, 0.05) is 19.7 Å². The van der Waals surface area contributed by atoms with Crippen LogP contribution >= 0.6 is 7.60 Å². The van der Waals surface area contributed by atoms with E-state index in [0.717, 1.165) is 17.7 Å². The summed E-state index contributed by atoms with van der Waals surface area (Å²) in [6.07, 6.45) is -3.79. The second-order valence-corrected chi connectivity index (χ2v) is 9.34. The molecular weight excluding hydrogens is 395 g/mol. The third-order valence-electron chi connectivity index (χ3n) is 5.08. The van der Waals surface area contributed by atoms with Crippen LogP contribution in [0.3, 0.4) is 0 Å². The number of aromatic amines is 1. The highest BCUT2D eigenvalue weighted by Gasteiger charge is 2.48. The van der Waals surface area contributed by atoms with Crippen molar-refractivity contribution in [1.29, 1.82) is 0 Å². The fraction of sp³-hybridized carbons (Fsp3) is 0.750. The number of aliphatic hydroxyl groups excluding tert-OH is 3. The molecule has 1 aromatic heterocycles. The van der Waals surface area contributed by atoms with Crippen molar-refractivity contribution >= 4 is 7.60 Å². The van der Waals surface area contributed by atoms with Crippen LogP contribution in [0, 0.1) is 0 Å². The number of H-pyrrole nitrogens is 1. The van der Waals surface area contributed by atoms with Crippen molar-refractivity contribution in [3.8, 4) is 0 Å². The predicted molar refractivity (Wildman–Crippen MR) is 97.8 cm³/mol. The second kappa shape index (κ2) is 8.19. The van der Waals surface area contributed by atoms with Gasteiger partial charge in [0.1, 0.15) is 18.3 Å². The average molecular weight is 422 g/mol. The van der Waals surface area contributed by atoms with E-state index in [2.05, 4.69) is 4.98 Å². The second-order valence-electron chi connectivity index (χ2n) is 7.28. The molecule has 5 N–H and O–H groups in total. The Morgan fingerprint density at radius 1 is 1.39 bits per heavy atom. The first-order valence-corrected chi connectivity index (χ1v) is 10.5. The molecule has 12 heteroatoms. The number of hydrogen-bond donors (Lipinski definition) is 5. The van der Waals surface area contributed by atoms with E-state index in [0.29, 0.717) is 0 Å². The topological polar surface area (TPSA) is 171 Å². The normalized spacial score (nSPS) is 30.6. The first kappa shape index (κ1) is 23.0. The van der Waals surface area contributed by atoms with E-state index < -0.39 is 54.7 Å². The molecule has 0 amide bonds. The molecule has 0 spiro atoms. The Hall–Kier alpha value is -1.33. The molecule has 1 fully saturated rings. The van der Waals surface area contributed by atoms with Gasteiger partial charge < -0.3 is 34.5 Å². The van der Waals surface area contributed by atoms with Gasteiger partial charge in [-0.3, -0.25) is 13.9 Å². The molecule has 160 valence electrons. The summed E-state index contributed by atoms with van der Waals surface area (Å²) in [5.41, 5.74) is -2.60. The van der Waals surface area contributed by atoms with Gasteiger partial charge in [0.25, 0.3) is 5.56 Å². The van der Waals surface area contributed by atoms with Gasteiger partial charge in [-0.15, -0.1) is 0 Å². The molecule has 0 bridgehead atoms. The standard InChI is InChI=1S/C16H27N2O9P/c1-5-16(3,27-28(24,25)8(2)19)6-10-11(20)12(21)13(26-10)9-7-17-15(23)18(4)14(9)22/h7-8,10-13,19-21H,5-6H2,1-4H3,(H,17,23)(H,24,25)/t8-,10-,11-,12-,13+,16?/m1/s1. The Balaban J connectivity index is 2.26. The van der Waals surface area contributed by atoms with Gasteiger partial charge in [0.15, 0.2) is 5.85 Å². The van der Waals surface area contributed by atoms with Gasteiger partial charge in [0.05, 0.1) is 17.3 Å². The quantitative estimate of drug-likeness (QED) is 0.358. The van der Waals surface area contributed by atoms with Gasteiger partial charge >= 0.3 is 13.3 Å². The van der Waals surface area contributed by atoms with Crippen LogP contribution in [0.15, 0.2) is 15.8 Å². The first-order chi connectivity index (χ1) is 12.8. The van der Waals surface area contributed by atoms with Crippen LogP contribution in [0.1, 0.15) is 45.3 Å². The molecule has 0 aromatic carbocycles. The third-order valence-corrected chi connectivity index (χ3v) is 6.73. The molecule has 11 nitrogen and oxygen atoms in total. The van der Waals surface area contributed by atoms with E-state index in [1.807, 2.05) is 0 Å². The molecule has 1 aromatic rings. The van der Waals surface area contributed by atoms with Gasteiger partial charge in [-0.25, -0.2) is 4.79 Å². The average Bonchev–Trinajstić information content (AvgIpc) is 2.87. The lowest BCUT2D eigenvalue weighted by atomic mass is 9.92. The van der Waals surface area contributed by atoms with Crippen molar-refractivity contribution in [1.82, 2.24) is 9.55 Å². The molecule has 0 aliphatic carbocycles. The van der Waals surface area contributed by atoms with Crippen molar-refractivity contribution in [3.05, 3.63) is 32.6 Å². The first-order valence-electron chi connectivity index (χ1n) is 8.84. The highest BCUT2D eigenvalue weighted by molar-refractivity contribution is 7.53. The molecule has 0 saturated carbocycles. The SMILES string of the molecule is CCC(C)(C[C@H]1O[C@@H](c2c[nH]c(=O)n(C)c2=O)[C@H](O)[C@@H]1O)OP(=O)(O)[C@H](C)O. The maximum Gasteiger partial charge on any atom is 0.356 e. The Kier molecular flexibility index (Phi) is 6.72. The summed E-state index contributed by atoms with van der Waals surface area (Å²) < 4.78 is 23.8. The summed E-state index contributed by atoms with van der Waals surface area (Å²) in [5, 5.41) is 30.2. The number of aliphatic hydroxyl groups is 3. The number of rotatable bonds is 7. The Labute approximate surface area is 161 Å². The summed E-state index contributed by atoms with van der Waals surface area (Å²) in [4.78, 5) is 36.0. The molecule has 2 unspecified atom stereocenters. The lowest BCUT2D eigenvalue weighted by molar-refractivity contribution is -0.0494. The molecule has 2 rings (SSSR count). The molecule has 1 saturated heterocycles. The van der Waals surface area contributed by atoms with Crippen molar-refractivity contribution in [2.75, 3.05) is 0 Å². The molecule has 1 aliphatic rings. The zero-order valence-corrected chi connectivity index (χ0v) is 17.0. The van der Waals surface area contributed by atoms with Crippen LogP contribution in [-0.2, 0) is 20.9 Å². The molecule has 1 aliphatic heterocycles. The number of ether oxygens (including phenoxy) is 1. The number of hydrogen-bond acceptors (Lipinski definition) is 8. The van der Waals surface area contributed by atoms with E-state index in [1.165, 1.54) is 14.0 Å². The minimum atomic E-state index is -4.32. The number of aromatic nitrogens is 2. The fourth-order valence-corrected chi connectivity index (χ4v) is 4.01. The van der Waals surface area contributed by atoms with Crippen LogP contribution in [0.5, 0.6) is 0 Å². The van der Waals surface area contributed by atoms with Crippen LogP contribution < -0.4 is 11.2 Å². The van der Waals surface area contributed by atoms with Gasteiger partial charge in [-0.05, 0) is 20.3 Å². The van der Waals surface area contributed by atoms with E-state index in [9.17, 15) is 34.4 Å². The Morgan fingerprint density at radius 2 is 2.00 bits per heavy atom. The fourth-order valence-electron chi connectivity index (χ4n) is 3.03. The van der Waals surface area contributed by atoms with E-state index in [-0.39, 0.29) is 18.4 Å². The maximum atomic E-state index is 12.3. The zero-order chi connectivity index (χ0) is 21.4. The van der Waals surface area contributed by atoms with Crippen LogP contribution in [-0.4, -0.2) is 59.5 Å². The highest BCUT2D eigenvalue weighted by Crippen LogP contribution is 2.52. The maximum absolute atomic E-state index is 12.3. The summed E-state index contributed by atoms with van der Waals surface area (Å²) in [6, 6.07) is 0. The van der Waals surface area contributed by atoms with Crippen molar-refractivity contribution in [2.24, 2.45) is 7.05 Å².